The molecule has 11 nitrogen and oxygen atoms in total. The van der Waals surface area contributed by atoms with Crippen LogP contribution in [0.4, 0.5) is 16.3 Å². The summed E-state index contributed by atoms with van der Waals surface area (Å²) >= 11 is 0. The van der Waals surface area contributed by atoms with E-state index in [0.717, 1.165) is 78.4 Å². The normalized spacial score (nSPS) is 25.7. The molecule has 0 radical (unpaired) electrons. The number of likely N-dealkylation sites (tertiary alicyclic amines) is 2. The summed E-state index contributed by atoms with van der Waals surface area (Å²) in [7, 11) is 0. The fourth-order valence-electron chi connectivity index (χ4n) is 9.20. The Kier molecular flexibility index (Phi) is 7.83. The van der Waals surface area contributed by atoms with Gasteiger partial charge in [-0.2, -0.15) is 0 Å². The maximum absolute atomic E-state index is 14.9. The molecular formula is C38H51N9O2. The second-order valence-corrected chi connectivity index (χ2v) is 15.8. The minimum absolute atomic E-state index is 0.120. The third kappa shape index (κ3) is 5.39. The van der Waals surface area contributed by atoms with Crippen LogP contribution in [-0.2, 0) is 10.2 Å². The number of benzene rings is 1. The van der Waals surface area contributed by atoms with E-state index in [0.29, 0.717) is 38.0 Å². The number of carbonyl (C=O) groups excluding carboxylic acids is 2. The molecule has 5 fully saturated rings. The van der Waals surface area contributed by atoms with Gasteiger partial charge in [-0.3, -0.25) is 4.79 Å². The smallest absolute Gasteiger partial charge is 0.320 e. The number of imidazole rings is 1. The van der Waals surface area contributed by atoms with E-state index in [4.69, 9.17) is 9.97 Å². The van der Waals surface area contributed by atoms with E-state index < -0.39 is 5.41 Å². The number of nitrogens with zero attached hydrogens (tertiary/aromatic N) is 7. The quantitative estimate of drug-likeness (QED) is 0.383. The Morgan fingerprint density at radius 3 is 2.39 bits per heavy atom. The number of carbonyl (C=O) groups is 2. The van der Waals surface area contributed by atoms with Gasteiger partial charge in [0.2, 0.25) is 5.91 Å². The molecule has 260 valence electrons. The van der Waals surface area contributed by atoms with Crippen LogP contribution in [-0.4, -0.2) is 112 Å². The number of piperazine rings is 1. The number of urea groups is 1. The first-order chi connectivity index (χ1) is 23.9. The van der Waals surface area contributed by atoms with Crippen LogP contribution in [0.15, 0.2) is 30.6 Å². The molecule has 3 amide bonds. The number of aromatic nitrogens is 3. The topological polar surface area (TPSA) is 102 Å². The lowest BCUT2D eigenvalue weighted by atomic mass is 9.73. The SMILES string of the molecule is CC(C)n1cnc2cc(-c3ccc4c(c3)N([C@H]3C[C@@H](N5CCCCC5)C3)C(=O)C43CCN(C(=O)N4CCNCC4)CC3)nc(NC3CC3)c21. The van der Waals surface area contributed by atoms with Gasteiger partial charge in [-0.1, -0.05) is 18.6 Å². The van der Waals surface area contributed by atoms with Crippen LogP contribution in [0.2, 0.25) is 0 Å². The Hall–Kier alpha value is -3.70. The number of rotatable bonds is 6. The number of hydrogen-bond donors (Lipinski definition) is 2. The van der Waals surface area contributed by atoms with Crippen LogP contribution in [0, 0.1) is 0 Å². The second-order valence-electron chi connectivity index (χ2n) is 15.8. The predicted molar refractivity (Wildman–Crippen MR) is 192 cm³/mol. The van der Waals surface area contributed by atoms with E-state index >= 15 is 0 Å². The maximum atomic E-state index is 14.9. The monoisotopic (exact) mass is 665 g/mol. The molecule has 49 heavy (non-hydrogen) atoms. The van der Waals surface area contributed by atoms with Crippen LogP contribution >= 0.6 is 0 Å². The second kappa shape index (κ2) is 12.3. The van der Waals surface area contributed by atoms with Crippen molar-refractivity contribution in [2.75, 3.05) is 62.6 Å². The molecule has 9 rings (SSSR count). The molecule has 3 aromatic rings. The zero-order chi connectivity index (χ0) is 33.3. The highest BCUT2D eigenvalue weighted by molar-refractivity contribution is 6.09. The summed E-state index contributed by atoms with van der Waals surface area (Å²) in [6.07, 6.45) is 11.6. The van der Waals surface area contributed by atoms with E-state index in [9.17, 15) is 9.59 Å². The van der Waals surface area contributed by atoms with E-state index in [2.05, 4.69) is 63.1 Å². The number of piperidine rings is 2. The largest absolute Gasteiger partial charge is 0.366 e. The summed E-state index contributed by atoms with van der Waals surface area (Å²) in [4.78, 5) is 47.1. The molecule has 6 aliphatic rings. The highest BCUT2D eigenvalue weighted by Gasteiger charge is 2.56. The van der Waals surface area contributed by atoms with E-state index in [1.807, 2.05) is 16.1 Å². The standard InChI is InChI=1S/C38H51N9O2/c1-25(2)46-24-40-32-23-31(42-35(34(32)46)41-27-7-8-27)26-6-9-30-33(20-26)47(29-21-28(22-29)43-14-4-3-5-15-43)36(48)38(30)10-16-44(17-11-38)37(49)45-18-12-39-13-19-45/h6,9,20,23-25,27-29,39H,3-5,7-8,10-19,21-22H2,1-2H3,(H,41,42)/t28-,29+. The fraction of sp³-hybridized carbons (Fsp3) is 0.632. The van der Waals surface area contributed by atoms with Crippen molar-refractivity contribution in [2.24, 2.45) is 0 Å². The van der Waals surface area contributed by atoms with Gasteiger partial charge < -0.3 is 34.8 Å². The van der Waals surface area contributed by atoms with E-state index in [-0.39, 0.29) is 24.0 Å². The van der Waals surface area contributed by atoms with Crippen molar-refractivity contribution in [1.29, 1.82) is 0 Å². The number of fused-ring (bicyclic) bond motifs is 3. The summed E-state index contributed by atoms with van der Waals surface area (Å²) in [5.41, 5.74) is 5.51. The minimum atomic E-state index is -0.587. The van der Waals surface area contributed by atoms with Crippen molar-refractivity contribution >= 4 is 34.5 Å². The van der Waals surface area contributed by atoms with Crippen LogP contribution in [0.1, 0.15) is 83.2 Å². The molecule has 3 saturated heterocycles. The van der Waals surface area contributed by atoms with Gasteiger partial charge in [0.15, 0.2) is 5.82 Å². The maximum Gasteiger partial charge on any atom is 0.320 e. The highest BCUT2D eigenvalue weighted by Crippen LogP contribution is 2.52. The molecule has 1 spiro atoms. The summed E-state index contributed by atoms with van der Waals surface area (Å²) < 4.78 is 2.21. The molecule has 11 heteroatoms. The summed E-state index contributed by atoms with van der Waals surface area (Å²) in [6, 6.07) is 10.4. The van der Waals surface area contributed by atoms with Gasteiger partial charge in [-0.05, 0) is 96.0 Å². The first-order valence-corrected chi connectivity index (χ1v) is 19.0. The van der Waals surface area contributed by atoms with Crippen molar-refractivity contribution in [1.82, 2.24) is 34.6 Å². The molecule has 1 aromatic carbocycles. The van der Waals surface area contributed by atoms with Gasteiger partial charge in [-0.25, -0.2) is 14.8 Å². The van der Waals surface area contributed by atoms with Gasteiger partial charge in [0, 0.05) is 74.7 Å². The van der Waals surface area contributed by atoms with E-state index in [1.54, 1.807) is 0 Å². The predicted octanol–water partition coefficient (Wildman–Crippen LogP) is 4.98. The molecule has 2 N–H and O–H groups in total. The van der Waals surface area contributed by atoms with Gasteiger partial charge >= 0.3 is 6.03 Å². The molecular weight excluding hydrogens is 614 g/mol. The lowest BCUT2D eigenvalue weighted by molar-refractivity contribution is -0.125. The third-order valence-electron chi connectivity index (χ3n) is 12.4. The summed E-state index contributed by atoms with van der Waals surface area (Å²) in [6.45, 7) is 11.1. The van der Waals surface area contributed by atoms with Gasteiger partial charge in [0.05, 0.1) is 23.0 Å². The van der Waals surface area contributed by atoms with Crippen molar-refractivity contribution in [3.8, 4) is 11.3 Å². The van der Waals surface area contributed by atoms with Crippen molar-refractivity contribution in [2.45, 2.75) is 101 Å². The Labute approximate surface area is 289 Å². The number of hydrogen-bond acceptors (Lipinski definition) is 7. The lowest BCUT2D eigenvalue weighted by Crippen LogP contribution is -2.59. The van der Waals surface area contributed by atoms with Gasteiger partial charge in [-0.15, -0.1) is 0 Å². The van der Waals surface area contributed by atoms with Crippen LogP contribution in [0.25, 0.3) is 22.3 Å². The van der Waals surface area contributed by atoms with Crippen LogP contribution < -0.4 is 15.5 Å². The lowest BCUT2D eigenvalue weighted by Gasteiger charge is -2.48. The number of anilines is 2. The Morgan fingerprint density at radius 2 is 1.67 bits per heavy atom. The van der Waals surface area contributed by atoms with Crippen molar-refractivity contribution in [3.63, 3.8) is 0 Å². The molecule has 0 atom stereocenters. The molecule has 0 bridgehead atoms. The summed E-state index contributed by atoms with van der Waals surface area (Å²) in [5.74, 6) is 1.14. The van der Waals surface area contributed by atoms with Crippen molar-refractivity contribution in [3.05, 3.63) is 36.2 Å². The molecule has 0 unspecified atom stereocenters. The highest BCUT2D eigenvalue weighted by atomic mass is 16.2. The zero-order valence-electron chi connectivity index (χ0n) is 29.2. The number of nitrogens with one attached hydrogen (secondary N) is 2. The fourth-order valence-corrected chi connectivity index (χ4v) is 9.20. The minimum Gasteiger partial charge on any atom is -0.366 e. The number of pyridine rings is 1. The van der Waals surface area contributed by atoms with Crippen LogP contribution in [0.5, 0.6) is 0 Å². The average molecular weight is 666 g/mol. The number of amides is 3. The molecule has 2 saturated carbocycles. The Bertz CT molecular complexity index is 1740. The average Bonchev–Trinajstić information content (AvgIpc) is 3.77. The molecule has 2 aromatic heterocycles. The van der Waals surface area contributed by atoms with Crippen molar-refractivity contribution < 1.29 is 9.59 Å². The molecule has 2 aliphatic carbocycles. The molecule has 6 heterocycles. The Balaban J connectivity index is 1.05. The van der Waals surface area contributed by atoms with E-state index in [1.165, 1.54) is 45.2 Å². The first-order valence-electron chi connectivity index (χ1n) is 19.0. The van der Waals surface area contributed by atoms with Gasteiger partial charge in [0.1, 0.15) is 5.52 Å². The van der Waals surface area contributed by atoms with Gasteiger partial charge in [0.25, 0.3) is 0 Å². The third-order valence-corrected chi connectivity index (χ3v) is 12.4. The Morgan fingerprint density at radius 1 is 0.939 bits per heavy atom. The van der Waals surface area contributed by atoms with Crippen LogP contribution in [0.3, 0.4) is 0 Å². The summed E-state index contributed by atoms with van der Waals surface area (Å²) in [5, 5.41) is 7.04. The zero-order valence-corrected chi connectivity index (χ0v) is 29.2. The first kappa shape index (κ1) is 31.3. The molecule has 4 aliphatic heterocycles.